The molecule has 0 saturated heterocycles. The molecular formula is C20H16Cl2FNO. The number of anilines is 1. The summed E-state index contributed by atoms with van der Waals surface area (Å²) in [6, 6.07) is 19.4. The molecule has 0 amide bonds. The Labute approximate surface area is 156 Å². The molecular weight excluding hydrogens is 360 g/mol. The van der Waals surface area contributed by atoms with Crippen molar-refractivity contribution in [3.8, 4) is 5.75 Å². The highest BCUT2D eigenvalue weighted by molar-refractivity contribution is 6.32. The Morgan fingerprint density at radius 2 is 1.64 bits per heavy atom. The molecule has 0 saturated carbocycles. The average Bonchev–Trinajstić information content (AvgIpc) is 2.62. The van der Waals surface area contributed by atoms with Crippen LogP contribution in [0.4, 0.5) is 10.1 Å². The molecule has 25 heavy (non-hydrogen) atoms. The second-order valence-electron chi connectivity index (χ2n) is 5.51. The summed E-state index contributed by atoms with van der Waals surface area (Å²) in [5.74, 6) is 0.348. The third-order valence-corrected chi connectivity index (χ3v) is 4.34. The van der Waals surface area contributed by atoms with Gasteiger partial charge in [0.25, 0.3) is 0 Å². The molecule has 0 spiro atoms. The van der Waals surface area contributed by atoms with Crippen molar-refractivity contribution < 1.29 is 9.13 Å². The van der Waals surface area contributed by atoms with Gasteiger partial charge in [0, 0.05) is 22.8 Å². The summed E-state index contributed by atoms with van der Waals surface area (Å²) in [4.78, 5) is 0. The minimum atomic E-state index is -0.256. The highest BCUT2D eigenvalue weighted by atomic mass is 35.5. The van der Waals surface area contributed by atoms with Crippen LogP contribution in [0.15, 0.2) is 66.7 Å². The van der Waals surface area contributed by atoms with Crippen LogP contribution in [0.3, 0.4) is 0 Å². The van der Waals surface area contributed by atoms with Crippen LogP contribution in [0, 0.1) is 5.82 Å². The number of halogens is 3. The number of rotatable bonds is 6. The zero-order valence-corrected chi connectivity index (χ0v) is 14.8. The molecule has 0 radical (unpaired) electrons. The Morgan fingerprint density at radius 3 is 2.36 bits per heavy atom. The van der Waals surface area contributed by atoms with Gasteiger partial charge in [-0.2, -0.15) is 0 Å². The summed E-state index contributed by atoms with van der Waals surface area (Å²) in [5, 5.41) is 4.41. The zero-order valence-electron chi connectivity index (χ0n) is 13.3. The van der Waals surface area contributed by atoms with Crippen LogP contribution in [0.5, 0.6) is 5.75 Å². The van der Waals surface area contributed by atoms with Crippen molar-refractivity contribution in [2.45, 2.75) is 13.2 Å². The first-order chi connectivity index (χ1) is 12.1. The number of hydrogen-bond donors (Lipinski definition) is 1. The van der Waals surface area contributed by atoms with Crippen molar-refractivity contribution in [2.75, 3.05) is 5.32 Å². The van der Waals surface area contributed by atoms with E-state index in [1.165, 1.54) is 12.1 Å². The molecule has 2 nitrogen and oxygen atoms in total. The number of benzene rings is 3. The van der Waals surface area contributed by atoms with Crippen molar-refractivity contribution >= 4 is 28.9 Å². The number of hydrogen-bond acceptors (Lipinski definition) is 2. The fourth-order valence-electron chi connectivity index (χ4n) is 2.31. The standard InChI is InChI=1S/C20H16Cl2FNO/c21-18-4-2-1-3-15(18)13-25-20-10-5-14(11-19(20)22)12-24-17-8-6-16(23)7-9-17/h1-11,24H,12-13H2. The van der Waals surface area contributed by atoms with Gasteiger partial charge in [-0.1, -0.05) is 47.5 Å². The quantitative estimate of drug-likeness (QED) is 0.543. The van der Waals surface area contributed by atoms with Gasteiger partial charge in [-0.25, -0.2) is 4.39 Å². The monoisotopic (exact) mass is 375 g/mol. The summed E-state index contributed by atoms with van der Waals surface area (Å²) < 4.78 is 18.7. The molecule has 3 aromatic carbocycles. The number of nitrogens with one attached hydrogen (secondary N) is 1. The highest BCUT2D eigenvalue weighted by Crippen LogP contribution is 2.27. The Kier molecular flexibility index (Phi) is 5.79. The molecule has 3 rings (SSSR count). The zero-order chi connectivity index (χ0) is 17.6. The van der Waals surface area contributed by atoms with E-state index in [1.807, 2.05) is 42.5 Å². The van der Waals surface area contributed by atoms with E-state index in [0.717, 1.165) is 16.8 Å². The predicted octanol–water partition coefficient (Wildman–Crippen LogP) is 6.32. The average molecular weight is 376 g/mol. The van der Waals surface area contributed by atoms with Gasteiger partial charge in [0.15, 0.2) is 0 Å². The van der Waals surface area contributed by atoms with E-state index in [2.05, 4.69) is 5.32 Å². The van der Waals surface area contributed by atoms with Gasteiger partial charge in [0.1, 0.15) is 18.2 Å². The molecule has 0 aliphatic carbocycles. The second-order valence-corrected chi connectivity index (χ2v) is 6.32. The summed E-state index contributed by atoms with van der Waals surface area (Å²) in [5.41, 5.74) is 2.75. The van der Waals surface area contributed by atoms with E-state index >= 15 is 0 Å². The Balaban J connectivity index is 1.60. The lowest BCUT2D eigenvalue weighted by atomic mass is 10.2. The lowest BCUT2D eigenvalue weighted by molar-refractivity contribution is 0.306. The molecule has 0 unspecified atom stereocenters. The maximum Gasteiger partial charge on any atom is 0.138 e. The van der Waals surface area contributed by atoms with Crippen LogP contribution in [-0.4, -0.2) is 0 Å². The van der Waals surface area contributed by atoms with Crippen LogP contribution < -0.4 is 10.1 Å². The smallest absolute Gasteiger partial charge is 0.138 e. The minimum Gasteiger partial charge on any atom is -0.487 e. The maximum absolute atomic E-state index is 12.9. The fraction of sp³-hybridized carbons (Fsp3) is 0.100. The van der Waals surface area contributed by atoms with Crippen molar-refractivity contribution in [3.05, 3.63) is 93.7 Å². The SMILES string of the molecule is Fc1ccc(NCc2ccc(OCc3ccccc3Cl)c(Cl)c2)cc1. The van der Waals surface area contributed by atoms with Gasteiger partial charge in [-0.15, -0.1) is 0 Å². The second kappa shape index (κ2) is 8.24. The van der Waals surface area contributed by atoms with Crippen LogP contribution in [-0.2, 0) is 13.2 Å². The lowest BCUT2D eigenvalue weighted by Gasteiger charge is -2.11. The minimum absolute atomic E-state index is 0.256. The topological polar surface area (TPSA) is 21.3 Å². The highest BCUT2D eigenvalue weighted by Gasteiger charge is 2.06. The van der Waals surface area contributed by atoms with E-state index in [0.29, 0.717) is 28.9 Å². The molecule has 0 heterocycles. The Bertz CT molecular complexity index is 853. The first-order valence-corrected chi connectivity index (χ1v) is 8.51. The van der Waals surface area contributed by atoms with Crippen molar-refractivity contribution in [3.63, 3.8) is 0 Å². The Hall–Kier alpha value is -2.23. The van der Waals surface area contributed by atoms with Crippen molar-refractivity contribution in [1.29, 1.82) is 0 Å². The van der Waals surface area contributed by atoms with E-state index in [1.54, 1.807) is 12.1 Å². The third kappa shape index (κ3) is 4.88. The maximum atomic E-state index is 12.9. The molecule has 1 N–H and O–H groups in total. The normalized spacial score (nSPS) is 10.5. The predicted molar refractivity (Wildman–Crippen MR) is 101 cm³/mol. The van der Waals surface area contributed by atoms with Crippen LogP contribution in [0.1, 0.15) is 11.1 Å². The van der Waals surface area contributed by atoms with E-state index in [9.17, 15) is 4.39 Å². The van der Waals surface area contributed by atoms with Gasteiger partial charge in [0.2, 0.25) is 0 Å². The molecule has 3 aromatic rings. The van der Waals surface area contributed by atoms with E-state index in [4.69, 9.17) is 27.9 Å². The van der Waals surface area contributed by atoms with Gasteiger partial charge >= 0.3 is 0 Å². The van der Waals surface area contributed by atoms with Crippen molar-refractivity contribution in [2.24, 2.45) is 0 Å². The first-order valence-electron chi connectivity index (χ1n) is 7.76. The molecule has 0 bridgehead atoms. The summed E-state index contributed by atoms with van der Waals surface area (Å²) >= 11 is 12.4. The van der Waals surface area contributed by atoms with Crippen LogP contribution >= 0.6 is 23.2 Å². The van der Waals surface area contributed by atoms with Crippen LogP contribution in [0.25, 0.3) is 0 Å². The molecule has 0 aliphatic rings. The largest absolute Gasteiger partial charge is 0.487 e. The molecule has 5 heteroatoms. The fourth-order valence-corrected chi connectivity index (χ4v) is 2.76. The molecule has 0 aromatic heterocycles. The van der Waals surface area contributed by atoms with Crippen molar-refractivity contribution in [1.82, 2.24) is 0 Å². The first kappa shape index (κ1) is 17.6. The van der Waals surface area contributed by atoms with Gasteiger partial charge in [-0.3, -0.25) is 0 Å². The molecule has 128 valence electrons. The molecule has 0 fully saturated rings. The summed E-state index contributed by atoms with van der Waals surface area (Å²) in [7, 11) is 0. The van der Waals surface area contributed by atoms with E-state index in [-0.39, 0.29) is 5.82 Å². The van der Waals surface area contributed by atoms with Crippen LogP contribution in [0.2, 0.25) is 10.0 Å². The molecule has 0 atom stereocenters. The summed E-state index contributed by atoms with van der Waals surface area (Å²) in [6.45, 7) is 0.933. The number of ether oxygens (including phenoxy) is 1. The van der Waals surface area contributed by atoms with Gasteiger partial charge < -0.3 is 10.1 Å². The van der Waals surface area contributed by atoms with E-state index < -0.39 is 0 Å². The summed E-state index contributed by atoms with van der Waals surface area (Å²) in [6.07, 6.45) is 0. The molecule has 0 aliphatic heterocycles. The third-order valence-electron chi connectivity index (χ3n) is 3.68. The Morgan fingerprint density at radius 1 is 0.880 bits per heavy atom. The lowest BCUT2D eigenvalue weighted by Crippen LogP contribution is -2.01. The van der Waals surface area contributed by atoms with Gasteiger partial charge in [0.05, 0.1) is 5.02 Å². The van der Waals surface area contributed by atoms with Gasteiger partial charge in [-0.05, 0) is 48.0 Å².